The van der Waals surface area contributed by atoms with E-state index in [1.807, 2.05) is 32.3 Å². The molecule has 1 atom stereocenters. The third-order valence-electron chi connectivity index (χ3n) is 3.01. The first kappa shape index (κ1) is 13.2. The first-order valence-corrected chi connectivity index (χ1v) is 6.39. The molecule has 0 bridgehead atoms. The van der Waals surface area contributed by atoms with Gasteiger partial charge >= 0.3 is 0 Å². The molecule has 4 nitrogen and oxygen atoms in total. The summed E-state index contributed by atoms with van der Waals surface area (Å²) in [6, 6.07) is 5.68. The normalized spacial score (nSPS) is 16.4. The van der Waals surface area contributed by atoms with E-state index in [-0.39, 0.29) is 0 Å². The molecular formula is C14H21NO3. The summed E-state index contributed by atoms with van der Waals surface area (Å²) in [7, 11) is 4.00. The van der Waals surface area contributed by atoms with Crippen molar-refractivity contribution < 1.29 is 14.6 Å². The molecule has 1 aliphatic heterocycles. The van der Waals surface area contributed by atoms with E-state index in [4.69, 9.17) is 9.47 Å². The standard InChI is InChI=1S/C14H21NO3/c1-15(2)7-6-12(16)11-4-5-13-14(10-11)18-9-3-8-17-13/h4-5,10,12,16H,3,6-9H2,1-2H3/t12-/m1/s1. The Bertz CT molecular complexity index is 393. The maximum Gasteiger partial charge on any atom is 0.161 e. The van der Waals surface area contributed by atoms with Gasteiger partial charge in [0.25, 0.3) is 0 Å². The highest BCUT2D eigenvalue weighted by Gasteiger charge is 2.14. The number of hydrogen-bond acceptors (Lipinski definition) is 4. The minimum Gasteiger partial charge on any atom is -0.490 e. The molecule has 18 heavy (non-hydrogen) atoms. The highest BCUT2D eigenvalue weighted by Crippen LogP contribution is 2.32. The molecule has 1 aromatic rings. The van der Waals surface area contributed by atoms with E-state index in [2.05, 4.69) is 4.90 Å². The molecule has 0 unspecified atom stereocenters. The van der Waals surface area contributed by atoms with Crippen molar-refractivity contribution in [3.8, 4) is 11.5 Å². The van der Waals surface area contributed by atoms with Crippen LogP contribution in [0.15, 0.2) is 18.2 Å². The van der Waals surface area contributed by atoms with Gasteiger partial charge in [0.1, 0.15) is 0 Å². The van der Waals surface area contributed by atoms with Crippen LogP contribution in [0.1, 0.15) is 24.5 Å². The van der Waals surface area contributed by atoms with Gasteiger partial charge in [-0.2, -0.15) is 0 Å². The zero-order valence-corrected chi connectivity index (χ0v) is 11.1. The van der Waals surface area contributed by atoms with Crippen LogP contribution in [0.25, 0.3) is 0 Å². The minimum absolute atomic E-state index is 0.454. The zero-order chi connectivity index (χ0) is 13.0. The van der Waals surface area contributed by atoms with Gasteiger partial charge in [-0.25, -0.2) is 0 Å². The van der Waals surface area contributed by atoms with Gasteiger partial charge in [0, 0.05) is 13.0 Å². The Balaban J connectivity index is 2.07. The predicted octanol–water partition coefficient (Wildman–Crippen LogP) is 1.83. The molecule has 0 amide bonds. The first-order chi connectivity index (χ1) is 8.66. The van der Waals surface area contributed by atoms with Crippen LogP contribution in [-0.2, 0) is 0 Å². The number of hydrogen-bond donors (Lipinski definition) is 1. The van der Waals surface area contributed by atoms with Crippen molar-refractivity contribution in [2.75, 3.05) is 33.9 Å². The van der Waals surface area contributed by atoms with Crippen molar-refractivity contribution >= 4 is 0 Å². The molecule has 0 fully saturated rings. The Kier molecular flexibility index (Phi) is 4.44. The SMILES string of the molecule is CN(C)CC[C@@H](O)c1ccc2c(c1)OCCCO2. The van der Waals surface area contributed by atoms with Gasteiger partial charge in [-0.3, -0.25) is 0 Å². The lowest BCUT2D eigenvalue weighted by Gasteiger charge is -2.16. The molecular weight excluding hydrogens is 230 g/mol. The summed E-state index contributed by atoms with van der Waals surface area (Å²) >= 11 is 0. The fourth-order valence-corrected chi connectivity index (χ4v) is 1.93. The third kappa shape index (κ3) is 3.37. The Hall–Kier alpha value is -1.26. The quantitative estimate of drug-likeness (QED) is 0.886. The minimum atomic E-state index is -0.454. The van der Waals surface area contributed by atoms with E-state index < -0.39 is 6.10 Å². The predicted molar refractivity (Wildman–Crippen MR) is 70.2 cm³/mol. The molecule has 1 heterocycles. The van der Waals surface area contributed by atoms with Crippen molar-refractivity contribution in [1.29, 1.82) is 0 Å². The van der Waals surface area contributed by atoms with Crippen LogP contribution in [0.2, 0.25) is 0 Å². The molecule has 0 spiro atoms. The van der Waals surface area contributed by atoms with E-state index in [9.17, 15) is 5.11 Å². The number of aliphatic hydroxyl groups excluding tert-OH is 1. The van der Waals surface area contributed by atoms with Gasteiger partial charge in [0.05, 0.1) is 19.3 Å². The molecule has 0 aromatic heterocycles. The van der Waals surface area contributed by atoms with Gasteiger partial charge in [-0.15, -0.1) is 0 Å². The van der Waals surface area contributed by atoms with Crippen molar-refractivity contribution in [3.63, 3.8) is 0 Å². The smallest absolute Gasteiger partial charge is 0.161 e. The van der Waals surface area contributed by atoms with Gasteiger partial charge in [-0.1, -0.05) is 6.07 Å². The van der Waals surface area contributed by atoms with Crippen molar-refractivity contribution in [3.05, 3.63) is 23.8 Å². The average molecular weight is 251 g/mol. The van der Waals surface area contributed by atoms with Crippen LogP contribution in [0, 0.1) is 0 Å². The third-order valence-corrected chi connectivity index (χ3v) is 3.01. The van der Waals surface area contributed by atoms with Gasteiger partial charge < -0.3 is 19.5 Å². The van der Waals surface area contributed by atoms with E-state index in [0.29, 0.717) is 19.6 Å². The van der Waals surface area contributed by atoms with Crippen LogP contribution in [-0.4, -0.2) is 43.9 Å². The Labute approximate surface area is 108 Å². The summed E-state index contributed by atoms with van der Waals surface area (Å²) in [6.07, 6.45) is 1.16. The molecule has 0 radical (unpaired) electrons. The lowest BCUT2D eigenvalue weighted by Crippen LogP contribution is -2.15. The van der Waals surface area contributed by atoms with Crippen molar-refractivity contribution in [1.82, 2.24) is 4.90 Å². The summed E-state index contributed by atoms with van der Waals surface area (Å²) in [5, 5.41) is 10.1. The molecule has 1 N–H and O–H groups in total. The van der Waals surface area contributed by atoms with E-state index in [0.717, 1.165) is 30.0 Å². The highest BCUT2D eigenvalue weighted by molar-refractivity contribution is 5.44. The van der Waals surface area contributed by atoms with Crippen LogP contribution >= 0.6 is 0 Å². The monoisotopic (exact) mass is 251 g/mol. The Morgan fingerprint density at radius 2 is 1.94 bits per heavy atom. The van der Waals surface area contributed by atoms with Crippen molar-refractivity contribution in [2.45, 2.75) is 18.9 Å². The lowest BCUT2D eigenvalue weighted by atomic mass is 10.1. The van der Waals surface area contributed by atoms with Gasteiger partial charge in [-0.05, 0) is 38.2 Å². The van der Waals surface area contributed by atoms with E-state index in [1.54, 1.807) is 0 Å². The fourth-order valence-electron chi connectivity index (χ4n) is 1.93. The summed E-state index contributed by atoms with van der Waals surface area (Å²) in [4.78, 5) is 2.06. The molecule has 100 valence electrons. The van der Waals surface area contributed by atoms with Crippen LogP contribution < -0.4 is 9.47 Å². The number of nitrogens with zero attached hydrogens (tertiary/aromatic N) is 1. The summed E-state index contributed by atoms with van der Waals surface area (Å²) in [5.74, 6) is 1.52. The second kappa shape index (κ2) is 6.07. The molecule has 1 aromatic carbocycles. The number of aliphatic hydroxyl groups is 1. The Morgan fingerprint density at radius 3 is 2.67 bits per heavy atom. The van der Waals surface area contributed by atoms with Gasteiger partial charge in [0.2, 0.25) is 0 Å². The Morgan fingerprint density at radius 1 is 1.22 bits per heavy atom. The number of fused-ring (bicyclic) bond motifs is 1. The summed E-state index contributed by atoms with van der Waals surface area (Å²) < 4.78 is 11.2. The number of benzene rings is 1. The topological polar surface area (TPSA) is 41.9 Å². The molecule has 2 rings (SSSR count). The largest absolute Gasteiger partial charge is 0.490 e. The maximum atomic E-state index is 10.1. The lowest BCUT2D eigenvalue weighted by molar-refractivity contribution is 0.154. The van der Waals surface area contributed by atoms with E-state index in [1.165, 1.54) is 0 Å². The summed E-state index contributed by atoms with van der Waals surface area (Å²) in [6.45, 7) is 2.22. The second-order valence-electron chi connectivity index (χ2n) is 4.86. The molecule has 1 aliphatic rings. The molecule has 4 heteroatoms. The van der Waals surface area contributed by atoms with Crippen LogP contribution in [0.4, 0.5) is 0 Å². The fraction of sp³-hybridized carbons (Fsp3) is 0.571. The first-order valence-electron chi connectivity index (χ1n) is 6.39. The molecule has 0 saturated heterocycles. The van der Waals surface area contributed by atoms with Gasteiger partial charge in [0.15, 0.2) is 11.5 Å². The second-order valence-corrected chi connectivity index (χ2v) is 4.86. The highest BCUT2D eigenvalue weighted by atomic mass is 16.5. The van der Waals surface area contributed by atoms with Crippen LogP contribution in [0.5, 0.6) is 11.5 Å². The summed E-state index contributed by atoms with van der Waals surface area (Å²) in [5.41, 5.74) is 0.890. The zero-order valence-electron chi connectivity index (χ0n) is 11.1. The molecule has 0 aliphatic carbocycles. The van der Waals surface area contributed by atoms with E-state index >= 15 is 0 Å². The molecule has 0 saturated carbocycles. The van der Waals surface area contributed by atoms with Crippen LogP contribution in [0.3, 0.4) is 0 Å². The average Bonchev–Trinajstić information content (AvgIpc) is 2.60. The van der Waals surface area contributed by atoms with Crippen molar-refractivity contribution in [2.24, 2.45) is 0 Å². The number of rotatable bonds is 4. The number of ether oxygens (including phenoxy) is 2. The maximum absolute atomic E-state index is 10.1.